The maximum Gasteiger partial charge on any atom is 0.455 e. The molecule has 0 amide bonds. The molecular formula is C13H10F3NO2. The van der Waals surface area contributed by atoms with Crippen molar-refractivity contribution >= 4 is 16.7 Å². The Morgan fingerprint density at radius 3 is 2.42 bits per heavy atom. The van der Waals surface area contributed by atoms with Gasteiger partial charge in [-0.25, -0.2) is 0 Å². The van der Waals surface area contributed by atoms with Crippen LogP contribution in [0.1, 0.15) is 21.5 Å². The number of ketones is 1. The molecule has 0 atom stereocenters. The molecule has 19 heavy (non-hydrogen) atoms. The third-order valence-electron chi connectivity index (χ3n) is 2.91. The van der Waals surface area contributed by atoms with Crippen molar-refractivity contribution in [2.24, 2.45) is 0 Å². The predicted octanol–water partition coefficient (Wildman–Crippen LogP) is 2.89. The van der Waals surface area contributed by atoms with Gasteiger partial charge in [-0.05, 0) is 31.5 Å². The second kappa shape index (κ2) is 4.22. The summed E-state index contributed by atoms with van der Waals surface area (Å²) in [4.78, 5) is 25.2. The van der Waals surface area contributed by atoms with E-state index >= 15 is 0 Å². The second-order valence-corrected chi connectivity index (χ2v) is 4.33. The Kier molecular flexibility index (Phi) is 2.96. The van der Waals surface area contributed by atoms with E-state index in [-0.39, 0.29) is 5.56 Å². The van der Waals surface area contributed by atoms with Gasteiger partial charge >= 0.3 is 6.18 Å². The number of hydrogen-bond acceptors (Lipinski definition) is 2. The SMILES string of the molecule is Cc1ccc2[nH]c(=O)c(C(=O)C(F)(F)F)c(C)c2c1. The zero-order valence-corrected chi connectivity index (χ0v) is 10.2. The van der Waals surface area contributed by atoms with Gasteiger partial charge in [-0.3, -0.25) is 9.59 Å². The van der Waals surface area contributed by atoms with Gasteiger partial charge in [0.25, 0.3) is 11.3 Å². The smallest absolute Gasteiger partial charge is 0.321 e. The molecular weight excluding hydrogens is 259 g/mol. The van der Waals surface area contributed by atoms with Crippen molar-refractivity contribution in [2.75, 3.05) is 0 Å². The number of aromatic nitrogens is 1. The molecule has 2 rings (SSSR count). The van der Waals surface area contributed by atoms with Crippen LogP contribution in [0.25, 0.3) is 10.9 Å². The van der Waals surface area contributed by atoms with Crippen molar-refractivity contribution in [2.45, 2.75) is 20.0 Å². The number of Topliss-reactive ketones (excluding diaryl/α,β-unsaturated/α-hetero) is 1. The summed E-state index contributed by atoms with van der Waals surface area (Å²) in [6.45, 7) is 3.12. The van der Waals surface area contributed by atoms with E-state index in [1.807, 2.05) is 0 Å². The van der Waals surface area contributed by atoms with Gasteiger partial charge in [0.05, 0.1) is 5.56 Å². The first-order valence-corrected chi connectivity index (χ1v) is 5.46. The van der Waals surface area contributed by atoms with Gasteiger partial charge in [0.2, 0.25) is 0 Å². The summed E-state index contributed by atoms with van der Waals surface area (Å²) in [6.07, 6.45) is -5.06. The number of benzene rings is 1. The first-order valence-electron chi connectivity index (χ1n) is 5.46. The molecule has 0 aliphatic heterocycles. The summed E-state index contributed by atoms with van der Waals surface area (Å²) in [7, 11) is 0. The topological polar surface area (TPSA) is 49.9 Å². The monoisotopic (exact) mass is 269 g/mol. The van der Waals surface area contributed by atoms with Crippen LogP contribution in [-0.4, -0.2) is 16.9 Å². The van der Waals surface area contributed by atoms with Crippen LogP contribution in [0.2, 0.25) is 0 Å². The molecule has 0 saturated heterocycles. The summed E-state index contributed by atoms with van der Waals surface area (Å²) >= 11 is 0. The molecule has 0 fully saturated rings. The quantitative estimate of drug-likeness (QED) is 0.809. The van der Waals surface area contributed by atoms with Crippen molar-refractivity contribution in [1.82, 2.24) is 4.98 Å². The highest BCUT2D eigenvalue weighted by molar-refractivity contribution is 6.04. The Labute approximate surface area is 106 Å². The lowest BCUT2D eigenvalue weighted by molar-refractivity contribution is -0.0886. The Hall–Kier alpha value is -2.11. The van der Waals surface area contributed by atoms with Gasteiger partial charge in [-0.2, -0.15) is 13.2 Å². The number of H-pyrrole nitrogens is 1. The van der Waals surface area contributed by atoms with Gasteiger partial charge < -0.3 is 4.98 Å². The van der Waals surface area contributed by atoms with E-state index in [0.29, 0.717) is 10.9 Å². The second-order valence-electron chi connectivity index (χ2n) is 4.33. The van der Waals surface area contributed by atoms with Crippen LogP contribution in [0.4, 0.5) is 13.2 Å². The fraction of sp³-hybridized carbons (Fsp3) is 0.231. The van der Waals surface area contributed by atoms with E-state index < -0.39 is 23.1 Å². The molecule has 1 aromatic heterocycles. The zero-order valence-electron chi connectivity index (χ0n) is 10.2. The lowest BCUT2D eigenvalue weighted by Gasteiger charge is -2.10. The molecule has 2 aromatic rings. The molecule has 1 N–H and O–H groups in total. The van der Waals surface area contributed by atoms with Crippen LogP contribution >= 0.6 is 0 Å². The van der Waals surface area contributed by atoms with Crippen LogP contribution in [0.15, 0.2) is 23.0 Å². The van der Waals surface area contributed by atoms with Crippen LogP contribution in [-0.2, 0) is 0 Å². The molecule has 0 saturated carbocycles. The van der Waals surface area contributed by atoms with E-state index in [1.54, 1.807) is 25.1 Å². The molecule has 0 unspecified atom stereocenters. The average molecular weight is 269 g/mol. The highest BCUT2D eigenvalue weighted by Gasteiger charge is 2.41. The fourth-order valence-corrected chi connectivity index (χ4v) is 1.98. The molecule has 100 valence electrons. The van der Waals surface area contributed by atoms with E-state index in [9.17, 15) is 22.8 Å². The highest BCUT2D eigenvalue weighted by atomic mass is 19.4. The number of aryl methyl sites for hydroxylation is 2. The summed E-state index contributed by atoms with van der Waals surface area (Å²) in [6, 6.07) is 4.96. The minimum atomic E-state index is -5.06. The number of carbonyl (C=O) groups is 1. The number of pyridine rings is 1. The van der Waals surface area contributed by atoms with Crippen molar-refractivity contribution in [3.05, 3.63) is 45.2 Å². The Bertz CT molecular complexity index is 729. The van der Waals surface area contributed by atoms with Crippen LogP contribution in [0.3, 0.4) is 0 Å². The van der Waals surface area contributed by atoms with Crippen molar-refractivity contribution in [3.8, 4) is 0 Å². The minimum Gasteiger partial charge on any atom is -0.321 e. The molecule has 6 heteroatoms. The van der Waals surface area contributed by atoms with Gasteiger partial charge in [0.1, 0.15) is 0 Å². The van der Waals surface area contributed by atoms with Crippen molar-refractivity contribution < 1.29 is 18.0 Å². The Morgan fingerprint density at radius 2 is 1.84 bits per heavy atom. The summed E-state index contributed by atoms with van der Waals surface area (Å²) in [5.41, 5.74) is -0.577. The van der Waals surface area contributed by atoms with Gasteiger partial charge in [0, 0.05) is 10.9 Å². The fourth-order valence-electron chi connectivity index (χ4n) is 1.98. The normalized spacial score (nSPS) is 11.8. The standard InChI is InChI=1S/C13H10F3NO2/c1-6-3-4-9-8(5-6)7(2)10(12(19)17-9)11(18)13(14,15)16/h3-5H,1-2H3,(H,17,19). The highest BCUT2D eigenvalue weighted by Crippen LogP contribution is 2.25. The molecule has 1 aromatic carbocycles. The molecule has 1 heterocycles. The van der Waals surface area contributed by atoms with Crippen LogP contribution in [0, 0.1) is 13.8 Å². The largest absolute Gasteiger partial charge is 0.455 e. The Balaban J connectivity index is 2.83. The molecule has 3 nitrogen and oxygen atoms in total. The average Bonchev–Trinajstić information content (AvgIpc) is 2.29. The van der Waals surface area contributed by atoms with E-state index in [2.05, 4.69) is 4.98 Å². The first kappa shape index (κ1) is 13.3. The van der Waals surface area contributed by atoms with Gasteiger partial charge in [0.15, 0.2) is 0 Å². The molecule has 0 radical (unpaired) electrons. The third kappa shape index (κ3) is 2.25. The zero-order chi connectivity index (χ0) is 14.4. The van der Waals surface area contributed by atoms with Gasteiger partial charge in [-0.15, -0.1) is 0 Å². The number of fused-ring (bicyclic) bond motifs is 1. The molecule has 0 aliphatic rings. The first-order chi connectivity index (χ1) is 8.71. The number of hydrogen-bond donors (Lipinski definition) is 1. The minimum absolute atomic E-state index is 0.0461. The maximum absolute atomic E-state index is 12.5. The molecule has 0 spiro atoms. The summed E-state index contributed by atoms with van der Waals surface area (Å²) in [5.74, 6) is -2.12. The predicted molar refractivity (Wildman–Crippen MR) is 64.4 cm³/mol. The van der Waals surface area contributed by atoms with E-state index in [0.717, 1.165) is 5.56 Å². The number of nitrogens with one attached hydrogen (secondary N) is 1. The molecule has 0 bridgehead atoms. The van der Waals surface area contributed by atoms with Gasteiger partial charge in [-0.1, -0.05) is 11.6 Å². The summed E-state index contributed by atoms with van der Waals surface area (Å²) < 4.78 is 37.4. The third-order valence-corrected chi connectivity index (χ3v) is 2.91. The van der Waals surface area contributed by atoms with Crippen molar-refractivity contribution in [1.29, 1.82) is 0 Å². The van der Waals surface area contributed by atoms with E-state index in [1.165, 1.54) is 6.92 Å². The van der Waals surface area contributed by atoms with Crippen molar-refractivity contribution in [3.63, 3.8) is 0 Å². The maximum atomic E-state index is 12.5. The lowest BCUT2D eigenvalue weighted by atomic mass is 10.0. The molecule has 0 aliphatic carbocycles. The van der Waals surface area contributed by atoms with Crippen LogP contribution in [0.5, 0.6) is 0 Å². The number of halogens is 3. The van der Waals surface area contributed by atoms with E-state index in [4.69, 9.17) is 0 Å². The number of rotatable bonds is 1. The summed E-state index contributed by atoms with van der Waals surface area (Å²) in [5, 5.41) is 0.437. The lowest BCUT2D eigenvalue weighted by Crippen LogP contribution is -2.30. The number of aromatic amines is 1. The number of carbonyl (C=O) groups excluding carboxylic acids is 1. The van der Waals surface area contributed by atoms with Crippen LogP contribution < -0.4 is 5.56 Å². The number of alkyl halides is 3. The Morgan fingerprint density at radius 1 is 1.21 bits per heavy atom.